The molecule has 2 N–H and O–H groups in total. The Bertz CT molecular complexity index is 218. The quantitative estimate of drug-likeness (QED) is 0.287. The summed E-state index contributed by atoms with van der Waals surface area (Å²) in [5, 5.41) is 19.3. The second-order valence-corrected chi connectivity index (χ2v) is 7.32. The smallest absolute Gasteiger partial charge is 0.0541 e. The van der Waals surface area contributed by atoms with Crippen LogP contribution in [0.2, 0.25) is 0 Å². The molecule has 0 aliphatic heterocycles. The first-order valence-electron chi connectivity index (χ1n) is 10.6. The van der Waals surface area contributed by atoms with Gasteiger partial charge in [-0.1, -0.05) is 97.3 Å². The van der Waals surface area contributed by atoms with Gasteiger partial charge in [-0.3, -0.25) is 0 Å². The highest BCUT2D eigenvalue weighted by Crippen LogP contribution is 2.15. The standard InChI is InChI=1S/C21H44O2/c1-3-5-6-7-8-9-10-11-12-13-14-15-16-17-21(23)19-18-20(22)4-2/h20-23H,3-19H2,1-2H3. The van der Waals surface area contributed by atoms with E-state index in [0.29, 0.717) is 0 Å². The van der Waals surface area contributed by atoms with E-state index in [1.54, 1.807) is 0 Å². The maximum absolute atomic E-state index is 9.86. The van der Waals surface area contributed by atoms with Gasteiger partial charge in [-0.15, -0.1) is 0 Å². The molecule has 0 radical (unpaired) electrons. The number of hydrogen-bond donors (Lipinski definition) is 2. The first-order valence-corrected chi connectivity index (χ1v) is 10.6. The van der Waals surface area contributed by atoms with E-state index in [1.165, 1.54) is 77.0 Å². The second kappa shape index (κ2) is 18.3. The van der Waals surface area contributed by atoms with E-state index >= 15 is 0 Å². The Kier molecular flexibility index (Phi) is 18.2. The van der Waals surface area contributed by atoms with Crippen LogP contribution in [0.3, 0.4) is 0 Å². The van der Waals surface area contributed by atoms with E-state index in [-0.39, 0.29) is 12.2 Å². The van der Waals surface area contributed by atoms with Crippen molar-refractivity contribution in [2.75, 3.05) is 0 Å². The van der Waals surface area contributed by atoms with Crippen molar-refractivity contribution in [2.45, 2.75) is 135 Å². The lowest BCUT2D eigenvalue weighted by Gasteiger charge is -2.12. The molecule has 2 atom stereocenters. The van der Waals surface area contributed by atoms with E-state index < -0.39 is 0 Å². The van der Waals surface area contributed by atoms with Gasteiger partial charge >= 0.3 is 0 Å². The molecular formula is C21H44O2. The molecule has 0 amide bonds. The van der Waals surface area contributed by atoms with E-state index in [2.05, 4.69) is 6.92 Å². The van der Waals surface area contributed by atoms with Crippen molar-refractivity contribution in [3.8, 4) is 0 Å². The molecule has 0 bridgehead atoms. The Morgan fingerprint density at radius 2 is 0.870 bits per heavy atom. The van der Waals surface area contributed by atoms with Gasteiger partial charge in [-0.25, -0.2) is 0 Å². The minimum Gasteiger partial charge on any atom is -0.393 e. The van der Waals surface area contributed by atoms with Crippen LogP contribution in [0.15, 0.2) is 0 Å². The molecule has 0 spiro atoms. The van der Waals surface area contributed by atoms with Gasteiger partial charge in [-0.05, 0) is 25.7 Å². The number of hydrogen-bond acceptors (Lipinski definition) is 2. The van der Waals surface area contributed by atoms with Gasteiger partial charge in [0.1, 0.15) is 0 Å². The summed E-state index contributed by atoms with van der Waals surface area (Å²) in [6.07, 6.45) is 20.6. The molecule has 0 aliphatic carbocycles. The molecule has 2 heteroatoms. The zero-order valence-electron chi connectivity index (χ0n) is 16.1. The van der Waals surface area contributed by atoms with E-state index in [0.717, 1.165) is 32.1 Å². The highest BCUT2D eigenvalue weighted by Gasteiger charge is 2.07. The maximum atomic E-state index is 9.86. The first kappa shape index (κ1) is 22.9. The van der Waals surface area contributed by atoms with Crippen LogP contribution in [-0.4, -0.2) is 22.4 Å². The lowest BCUT2D eigenvalue weighted by atomic mass is 10.0. The Labute approximate surface area is 146 Å². The predicted molar refractivity (Wildman–Crippen MR) is 102 cm³/mol. The number of aliphatic hydroxyl groups is 2. The molecule has 0 aliphatic rings. The molecule has 2 nitrogen and oxygen atoms in total. The van der Waals surface area contributed by atoms with Gasteiger partial charge in [0.25, 0.3) is 0 Å². The van der Waals surface area contributed by atoms with Crippen molar-refractivity contribution >= 4 is 0 Å². The molecule has 0 aromatic heterocycles. The normalized spacial score (nSPS) is 14.1. The second-order valence-electron chi connectivity index (χ2n) is 7.32. The predicted octanol–water partition coefficient (Wildman–Crippen LogP) is 6.38. The Morgan fingerprint density at radius 1 is 0.478 bits per heavy atom. The van der Waals surface area contributed by atoms with Crippen molar-refractivity contribution in [1.82, 2.24) is 0 Å². The molecular weight excluding hydrogens is 284 g/mol. The summed E-state index contributed by atoms with van der Waals surface area (Å²) < 4.78 is 0. The van der Waals surface area contributed by atoms with Gasteiger partial charge in [0.05, 0.1) is 12.2 Å². The highest BCUT2D eigenvalue weighted by atomic mass is 16.3. The summed E-state index contributed by atoms with van der Waals surface area (Å²) in [6, 6.07) is 0. The largest absolute Gasteiger partial charge is 0.393 e. The fourth-order valence-electron chi connectivity index (χ4n) is 3.13. The summed E-state index contributed by atoms with van der Waals surface area (Å²) >= 11 is 0. The van der Waals surface area contributed by atoms with Crippen LogP contribution in [0.4, 0.5) is 0 Å². The van der Waals surface area contributed by atoms with Crippen LogP contribution in [0.5, 0.6) is 0 Å². The van der Waals surface area contributed by atoms with Gasteiger partial charge in [0, 0.05) is 0 Å². The average Bonchev–Trinajstić information content (AvgIpc) is 2.56. The van der Waals surface area contributed by atoms with Crippen LogP contribution < -0.4 is 0 Å². The van der Waals surface area contributed by atoms with Crippen molar-refractivity contribution in [2.24, 2.45) is 0 Å². The zero-order valence-corrected chi connectivity index (χ0v) is 16.1. The van der Waals surface area contributed by atoms with E-state index in [4.69, 9.17) is 0 Å². The Morgan fingerprint density at radius 3 is 1.30 bits per heavy atom. The fraction of sp³-hybridized carbons (Fsp3) is 1.00. The molecule has 0 rings (SSSR count). The molecule has 0 fully saturated rings. The Hall–Kier alpha value is -0.0800. The van der Waals surface area contributed by atoms with Crippen molar-refractivity contribution in [1.29, 1.82) is 0 Å². The van der Waals surface area contributed by atoms with Gasteiger partial charge < -0.3 is 10.2 Å². The molecule has 0 saturated carbocycles. The van der Waals surface area contributed by atoms with Crippen LogP contribution >= 0.6 is 0 Å². The SMILES string of the molecule is CCCCCCCCCCCCCCCC(O)CCC(O)CC. The molecule has 0 aromatic carbocycles. The molecule has 0 saturated heterocycles. The third-order valence-electron chi connectivity index (χ3n) is 4.95. The lowest BCUT2D eigenvalue weighted by molar-refractivity contribution is 0.105. The summed E-state index contributed by atoms with van der Waals surface area (Å²) in [4.78, 5) is 0. The van der Waals surface area contributed by atoms with Crippen molar-refractivity contribution in [3.05, 3.63) is 0 Å². The summed E-state index contributed by atoms with van der Waals surface area (Å²) in [5.74, 6) is 0. The van der Waals surface area contributed by atoms with E-state index in [9.17, 15) is 10.2 Å². The van der Waals surface area contributed by atoms with Gasteiger partial charge in [0.15, 0.2) is 0 Å². The summed E-state index contributed by atoms with van der Waals surface area (Å²) in [7, 11) is 0. The maximum Gasteiger partial charge on any atom is 0.0541 e. The minimum atomic E-state index is -0.226. The lowest BCUT2D eigenvalue weighted by Crippen LogP contribution is -2.12. The minimum absolute atomic E-state index is 0.205. The molecule has 2 unspecified atom stereocenters. The number of aliphatic hydroxyl groups excluding tert-OH is 2. The van der Waals surface area contributed by atoms with E-state index in [1.807, 2.05) is 6.92 Å². The van der Waals surface area contributed by atoms with Crippen LogP contribution in [0.1, 0.15) is 123 Å². The first-order chi connectivity index (χ1) is 11.2. The van der Waals surface area contributed by atoms with Gasteiger partial charge in [0.2, 0.25) is 0 Å². The van der Waals surface area contributed by atoms with Crippen LogP contribution in [0, 0.1) is 0 Å². The number of rotatable bonds is 18. The monoisotopic (exact) mass is 328 g/mol. The van der Waals surface area contributed by atoms with Crippen LogP contribution in [0.25, 0.3) is 0 Å². The third kappa shape index (κ3) is 18.1. The van der Waals surface area contributed by atoms with Crippen molar-refractivity contribution in [3.63, 3.8) is 0 Å². The zero-order chi connectivity index (χ0) is 17.2. The Balaban J connectivity index is 3.12. The number of unbranched alkanes of at least 4 members (excludes halogenated alkanes) is 12. The highest BCUT2D eigenvalue weighted by molar-refractivity contribution is 4.61. The third-order valence-corrected chi connectivity index (χ3v) is 4.95. The van der Waals surface area contributed by atoms with Gasteiger partial charge in [-0.2, -0.15) is 0 Å². The summed E-state index contributed by atoms with van der Waals surface area (Å²) in [6.45, 7) is 4.26. The molecule has 23 heavy (non-hydrogen) atoms. The average molecular weight is 329 g/mol. The van der Waals surface area contributed by atoms with Crippen molar-refractivity contribution < 1.29 is 10.2 Å². The fourth-order valence-corrected chi connectivity index (χ4v) is 3.13. The molecule has 0 heterocycles. The topological polar surface area (TPSA) is 40.5 Å². The molecule has 140 valence electrons. The van der Waals surface area contributed by atoms with Crippen LogP contribution in [-0.2, 0) is 0 Å². The summed E-state index contributed by atoms with van der Waals surface area (Å²) in [5.41, 5.74) is 0. The molecule has 0 aromatic rings.